The number of hydrogen-bond acceptors (Lipinski definition) is 6. The van der Waals surface area contributed by atoms with Gasteiger partial charge in [0.2, 0.25) is 5.13 Å². The Hall–Kier alpha value is -2.35. The summed E-state index contributed by atoms with van der Waals surface area (Å²) in [5.74, 6) is 1.10. The molecule has 0 bridgehead atoms. The van der Waals surface area contributed by atoms with Gasteiger partial charge in [-0.05, 0) is 49.6 Å². The molecule has 2 aromatic carbocycles. The van der Waals surface area contributed by atoms with Crippen molar-refractivity contribution < 1.29 is 9.53 Å². The number of carbonyl (C=O) groups is 1. The normalized spacial score (nSPS) is 12.1. The van der Waals surface area contributed by atoms with Crippen molar-refractivity contribution in [3.05, 3.63) is 70.3 Å². The maximum Gasteiger partial charge on any atom is 0.266 e. The number of hydrogen-bond donors (Lipinski definition) is 1. The molecule has 1 N–H and O–H groups in total. The van der Waals surface area contributed by atoms with Crippen LogP contribution in [-0.2, 0) is 4.79 Å². The maximum absolute atomic E-state index is 12.4. The van der Waals surface area contributed by atoms with Crippen LogP contribution >= 0.6 is 34.7 Å². The van der Waals surface area contributed by atoms with E-state index in [4.69, 9.17) is 16.3 Å². The van der Waals surface area contributed by atoms with Gasteiger partial charge >= 0.3 is 0 Å². The molecule has 0 aliphatic heterocycles. The lowest BCUT2D eigenvalue weighted by Crippen LogP contribution is -2.30. The summed E-state index contributed by atoms with van der Waals surface area (Å²) >= 11 is 9.09. The molecule has 1 amide bonds. The molecule has 0 aliphatic carbocycles. The number of aromatic nitrogens is 2. The van der Waals surface area contributed by atoms with E-state index in [1.165, 1.54) is 11.3 Å². The Labute approximate surface area is 189 Å². The first-order chi connectivity index (χ1) is 14.4. The molecule has 1 atom stereocenters. The average Bonchev–Trinajstić information content (AvgIpc) is 3.17. The van der Waals surface area contributed by atoms with Crippen molar-refractivity contribution in [1.29, 1.82) is 0 Å². The number of benzene rings is 2. The van der Waals surface area contributed by atoms with Gasteiger partial charge < -0.3 is 4.74 Å². The smallest absolute Gasteiger partial charge is 0.266 e. The Balaban J connectivity index is 1.49. The number of rotatable bonds is 8. The average molecular weight is 460 g/mol. The minimum Gasteiger partial charge on any atom is -0.481 e. The first kappa shape index (κ1) is 22.3. The number of aryl methyl sites for hydroxylation is 2. The van der Waals surface area contributed by atoms with Crippen LogP contribution < -0.4 is 10.1 Å². The van der Waals surface area contributed by atoms with Gasteiger partial charge in [0.25, 0.3) is 5.91 Å². The molecule has 0 saturated heterocycles. The lowest BCUT2D eigenvalue weighted by atomic mass is 10.1. The van der Waals surface area contributed by atoms with Crippen molar-refractivity contribution in [2.75, 3.05) is 11.1 Å². The van der Waals surface area contributed by atoms with E-state index < -0.39 is 6.10 Å². The van der Waals surface area contributed by atoms with Crippen LogP contribution in [0.15, 0.2) is 52.9 Å². The minimum atomic E-state index is -0.682. The second-order valence-electron chi connectivity index (χ2n) is 6.62. The first-order valence-corrected chi connectivity index (χ1v) is 11.5. The molecule has 3 rings (SSSR count). The molecule has 1 heterocycles. The van der Waals surface area contributed by atoms with Gasteiger partial charge in [-0.2, -0.15) is 0 Å². The predicted octanol–water partition coefficient (Wildman–Crippen LogP) is 6.02. The molecule has 8 heteroatoms. The Morgan fingerprint density at radius 3 is 2.63 bits per heavy atom. The van der Waals surface area contributed by atoms with Crippen molar-refractivity contribution in [2.45, 2.75) is 31.2 Å². The summed E-state index contributed by atoms with van der Waals surface area (Å²) in [5.41, 5.74) is 2.97. The summed E-state index contributed by atoms with van der Waals surface area (Å²) in [6.45, 7) is 5.50. The zero-order valence-corrected chi connectivity index (χ0v) is 19.3. The van der Waals surface area contributed by atoms with Gasteiger partial charge in [0.1, 0.15) is 5.75 Å². The molecule has 0 saturated carbocycles. The molecular formula is C22H22ClN3O2S2. The molecule has 3 aromatic rings. The number of anilines is 1. The number of amides is 1. The zero-order chi connectivity index (χ0) is 21.5. The molecular weight excluding hydrogens is 438 g/mol. The quantitative estimate of drug-likeness (QED) is 0.329. The van der Waals surface area contributed by atoms with Gasteiger partial charge in [0, 0.05) is 10.8 Å². The van der Waals surface area contributed by atoms with Crippen LogP contribution in [0, 0.1) is 13.8 Å². The molecule has 30 heavy (non-hydrogen) atoms. The molecule has 5 nitrogen and oxygen atoms in total. The van der Waals surface area contributed by atoms with Crippen LogP contribution in [0.1, 0.15) is 23.6 Å². The summed E-state index contributed by atoms with van der Waals surface area (Å²) in [5, 5.41) is 12.1. The van der Waals surface area contributed by atoms with Crippen LogP contribution in [0.2, 0.25) is 5.02 Å². The molecule has 0 aliphatic rings. The SMILES string of the molecule is Cc1cc(OC(C)C(=O)Nc2nnc(SC/C=C/c3ccccc3)s2)cc(C)c1Cl. The lowest BCUT2D eigenvalue weighted by Gasteiger charge is -2.15. The monoisotopic (exact) mass is 459 g/mol. The van der Waals surface area contributed by atoms with Gasteiger partial charge in [-0.1, -0.05) is 77.2 Å². The highest BCUT2D eigenvalue weighted by Gasteiger charge is 2.18. The van der Waals surface area contributed by atoms with E-state index in [9.17, 15) is 4.79 Å². The van der Waals surface area contributed by atoms with Crippen LogP contribution in [0.4, 0.5) is 5.13 Å². The molecule has 0 fully saturated rings. The minimum absolute atomic E-state index is 0.281. The molecule has 156 valence electrons. The highest BCUT2D eigenvalue weighted by Crippen LogP contribution is 2.28. The van der Waals surface area contributed by atoms with Crippen LogP contribution in [0.3, 0.4) is 0 Å². The standard InChI is InChI=1S/C22H22ClN3O2S2/c1-14-12-18(13-15(2)19(14)23)28-16(3)20(27)24-21-25-26-22(30-21)29-11-7-10-17-8-5-4-6-9-17/h4-10,12-13,16H,11H2,1-3H3,(H,24,25,27)/b10-7+. The third-order valence-corrected chi connectivity index (χ3v) is 6.66. The molecule has 0 spiro atoms. The van der Waals surface area contributed by atoms with Gasteiger partial charge in [-0.15, -0.1) is 10.2 Å². The van der Waals surface area contributed by atoms with Gasteiger partial charge in [0.05, 0.1) is 0 Å². The number of carbonyl (C=O) groups excluding carboxylic acids is 1. The van der Waals surface area contributed by atoms with Crippen molar-refractivity contribution in [3.8, 4) is 5.75 Å². The summed E-state index contributed by atoms with van der Waals surface area (Å²) in [6, 6.07) is 13.8. The topological polar surface area (TPSA) is 64.1 Å². The van der Waals surface area contributed by atoms with Crippen molar-refractivity contribution in [3.63, 3.8) is 0 Å². The van der Waals surface area contributed by atoms with E-state index in [0.717, 1.165) is 26.8 Å². The largest absolute Gasteiger partial charge is 0.481 e. The van der Waals surface area contributed by atoms with Crippen LogP contribution in [-0.4, -0.2) is 28.0 Å². The van der Waals surface area contributed by atoms with Gasteiger partial charge in [-0.3, -0.25) is 10.1 Å². The Morgan fingerprint density at radius 2 is 1.93 bits per heavy atom. The van der Waals surface area contributed by atoms with E-state index in [2.05, 4.69) is 39.8 Å². The third-order valence-electron chi connectivity index (χ3n) is 4.14. The number of nitrogens with zero attached hydrogens (tertiary/aromatic N) is 2. The lowest BCUT2D eigenvalue weighted by molar-refractivity contribution is -0.122. The highest BCUT2D eigenvalue weighted by molar-refractivity contribution is 8.01. The van der Waals surface area contributed by atoms with E-state index >= 15 is 0 Å². The van der Waals surface area contributed by atoms with Crippen molar-refractivity contribution in [1.82, 2.24) is 10.2 Å². The van der Waals surface area contributed by atoms with Crippen molar-refractivity contribution in [2.24, 2.45) is 0 Å². The summed E-state index contributed by atoms with van der Waals surface area (Å²) < 4.78 is 6.56. The fourth-order valence-electron chi connectivity index (χ4n) is 2.63. The fourth-order valence-corrected chi connectivity index (χ4v) is 4.32. The number of halogens is 1. The number of ether oxygens (including phenoxy) is 1. The van der Waals surface area contributed by atoms with Gasteiger partial charge in [0.15, 0.2) is 10.4 Å². The van der Waals surface area contributed by atoms with Gasteiger partial charge in [-0.25, -0.2) is 0 Å². The van der Waals surface area contributed by atoms with E-state index in [-0.39, 0.29) is 5.91 Å². The second kappa shape index (κ2) is 10.6. The Morgan fingerprint density at radius 1 is 1.23 bits per heavy atom. The van der Waals surface area contributed by atoms with E-state index in [1.807, 2.05) is 44.2 Å². The third kappa shape index (κ3) is 6.32. The van der Waals surface area contributed by atoms with E-state index in [0.29, 0.717) is 15.9 Å². The maximum atomic E-state index is 12.4. The Kier molecular flexibility index (Phi) is 7.90. The van der Waals surface area contributed by atoms with E-state index in [1.54, 1.807) is 18.7 Å². The summed E-state index contributed by atoms with van der Waals surface area (Å²) in [7, 11) is 0. The molecule has 0 radical (unpaired) electrons. The molecule has 1 aromatic heterocycles. The van der Waals surface area contributed by atoms with Crippen LogP contribution in [0.25, 0.3) is 6.08 Å². The van der Waals surface area contributed by atoms with Crippen LogP contribution in [0.5, 0.6) is 5.75 Å². The summed E-state index contributed by atoms with van der Waals surface area (Å²) in [6.07, 6.45) is 3.46. The predicted molar refractivity (Wildman–Crippen MR) is 126 cm³/mol. The number of thioether (sulfide) groups is 1. The number of nitrogens with one attached hydrogen (secondary N) is 1. The van der Waals surface area contributed by atoms with Crippen molar-refractivity contribution >= 4 is 51.8 Å². The Bertz CT molecular complexity index is 1010. The zero-order valence-electron chi connectivity index (χ0n) is 16.9. The first-order valence-electron chi connectivity index (χ1n) is 9.34. The second-order valence-corrected chi connectivity index (χ2v) is 9.24. The summed E-state index contributed by atoms with van der Waals surface area (Å²) in [4.78, 5) is 12.4. The fraction of sp³-hybridized carbons (Fsp3) is 0.227. The highest BCUT2D eigenvalue weighted by atomic mass is 35.5. The molecule has 1 unspecified atom stereocenters.